The van der Waals surface area contributed by atoms with Gasteiger partial charge in [-0.3, -0.25) is 14.4 Å². The summed E-state index contributed by atoms with van der Waals surface area (Å²) in [6.45, 7) is 9.84. The second-order valence-electron chi connectivity index (χ2n) is 14.0. The summed E-state index contributed by atoms with van der Waals surface area (Å²) in [6.07, 6.45) is 0.626. The Morgan fingerprint density at radius 2 is 1.89 bits per heavy atom. The smallest absolute Gasteiger partial charge is 0.251 e. The number of hydrogen-bond acceptors (Lipinski definition) is 7. The molecule has 6 rings (SSSR count). The number of aliphatic hydroxyl groups is 2. The molecule has 1 heterocycles. The van der Waals surface area contributed by atoms with E-state index in [0.29, 0.717) is 35.3 Å². The van der Waals surface area contributed by atoms with E-state index in [1.54, 1.807) is 12.0 Å². The van der Waals surface area contributed by atoms with Crippen molar-refractivity contribution in [2.45, 2.75) is 71.4 Å². The summed E-state index contributed by atoms with van der Waals surface area (Å²) in [5, 5.41) is 28.9. The van der Waals surface area contributed by atoms with E-state index in [4.69, 9.17) is 4.84 Å². The lowest BCUT2D eigenvalue weighted by Crippen LogP contribution is -2.62. The van der Waals surface area contributed by atoms with Crippen LogP contribution in [0.4, 0.5) is 0 Å². The Hall–Kier alpha value is -2.82. The number of fused-ring (bicyclic) bond motifs is 2. The van der Waals surface area contributed by atoms with Gasteiger partial charge in [0.2, 0.25) is 5.91 Å². The molecule has 0 aromatic heterocycles. The fourth-order valence-corrected chi connectivity index (χ4v) is 7.92. The summed E-state index contributed by atoms with van der Waals surface area (Å²) >= 11 is 0. The zero-order valence-corrected chi connectivity index (χ0v) is 27.0. The fraction of sp³-hybridized carbons (Fsp3) is 0.600. The van der Waals surface area contributed by atoms with E-state index in [1.165, 1.54) is 6.42 Å². The van der Waals surface area contributed by atoms with Gasteiger partial charge in [0.05, 0.1) is 19.3 Å². The summed E-state index contributed by atoms with van der Waals surface area (Å²) in [4.78, 5) is 35.2. The third kappa shape index (κ3) is 6.44. The van der Waals surface area contributed by atoms with E-state index in [9.17, 15) is 19.8 Å². The van der Waals surface area contributed by atoms with Gasteiger partial charge in [0.1, 0.15) is 12.1 Å². The monoisotopic (exact) mass is 606 g/mol. The van der Waals surface area contributed by atoms with E-state index in [0.717, 1.165) is 29.7 Å². The van der Waals surface area contributed by atoms with Crippen molar-refractivity contribution in [1.82, 2.24) is 20.6 Å². The third-order valence-corrected chi connectivity index (χ3v) is 10.7. The minimum absolute atomic E-state index is 0.0765. The van der Waals surface area contributed by atoms with E-state index >= 15 is 0 Å². The number of rotatable bonds is 11. The van der Waals surface area contributed by atoms with Crippen LogP contribution in [0.15, 0.2) is 48.5 Å². The first kappa shape index (κ1) is 32.6. The molecule has 240 valence electrons. The van der Waals surface area contributed by atoms with Gasteiger partial charge < -0.3 is 25.7 Å². The number of nitrogens with one attached hydrogen (secondary N) is 2. The Morgan fingerprint density at radius 3 is 2.55 bits per heavy atom. The van der Waals surface area contributed by atoms with Gasteiger partial charge in [-0.2, -0.15) is 5.06 Å². The standard InChI is InChI=1S/C35H50N4O5/c1-21-28-17-25(35(28,3)4)18-29(21)37-34(43)32-31(22(2)41)30(20-40)44-39(32)19-23-10-9-11-24(16-23)26-12-7-8-13-27(26)33(42)36-14-15-38(5)6/h7-13,16,21-22,25,28-32,40-41H,14-15,17-20H2,1-6H3,(H,36,42)(H,37,43)/t21-,22-,25+,28-,29-,30-,31+,32-/m0/s1. The van der Waals surface area contributed by atoms with Crippen LogP contribution >= 0.6 is 0 Å². The second-order valence-corrected chi connectivity index (χ2v) is 14.0. The second kappa shape index (κ2) is 13.3. The first-order chi connectivity index (χ1) is 20.9. The molecular formula is C35H50N4O5. The number of carbonyl (C=O) groups is 2. The zero-order valence-electron chi connectivity index (χ0n) is 27.0. The molecule has 2 aromatic rings. The van der Waals surface area contributed by atoms with Crippen LogP contribution in [0.25, 0.3) is 11.1 Å². The highest BCUT2D eigenvalue weighted by molar-refractivity contribution is 6.00. The van der Waals surface area contributed by atoms with Crippen LogP contribution in [0.3, 0.4) is 0 Å². The van der Waals surface area contributed by atoms with Crippen molar-refractivity contribution in [1.29, 1.82) is 0 Å². The molecule has 2 aromatic carbocycles. The summed E-state index contributed by atoms with van der Waals surface area (Å²) < 4.78 is 0. The number of hydroxylamine groups is 2. The van der Waals surface area contributed by atoms with Gasteiger partial charge in [0, 0.05) is 30.6 Å². The molecule has 0 spiro atoms. The molecule has 1 aliphatic heterocycles. The van der Waals surface area contributed by atoms with Crippen LogP contribution in [-0.2, 0) is 16.2 Å². The van der Waals surface area contributed by atoms with Crippen molar-refractivity contribution in [3.63, 3.8) is 0 Å². The Balaban J connectivity index is 1.35. The quantitative estimate of drug-likeness (QED) is 0.310. The van der Waals surface area contributed by atoms with Crippen LogP contribution in [0.2, 0.25) is 0 Å². The third-order valence-electron chi connectivity index (χ3n) is 10.7. The van der Waals surface area contributed by atoms with Gasteiger partial charge in [0.25, 0.3) is 5.91 Å². The molecule has 0 unspecified atom stereocenters. The minimum Gasteiger partial charge on any atom is -0.394 e. The maximum absolute atomic E-state index is 14.0. The maximum Gasteiger partial charge on any atom is 0.251 e. The molecular weight excluding hydrogens is 556 g/mol. The summed E-state index contributed by atoms with van der Waals surface area (Å²) in [5.41, 5.74) is 3.49. The lowest BCUT2D eigenvalue weighted by Gasteiger charge is -2.62. The molecule has 8 atom stereocenters. The van der Waals surface area contributed by atoms with Crippen LogP contribution in [0.1, 0.15) is 56.5 Å². The molecule has 3 aliphatic carbocycles. The summed E-state index contributed by atoms with van der Waals surface area (Å²) in [6, 6.07) is 14.7. The van der Waals surface area contributed by atoms with Crippen LogP contribution < -0.4 is 10.6 Å². The zero-order chi connectivity index (χ0) is 31.8. The average molecular weight is 607 g/mol. The van der Waals surface area contributed by atoms with Gasteiger partial charge in [-0.25, -0.2) is 0 Å². The SMILES string of the molecule is C[C@@H]1[C@@H](NC(=O)[C@@H]2[C@H]([C@H](C)O)[C@H](CO)ON2Cc2cccc(-c3ccccc3C(=O)NCCN(C)C)c2)C[C@H]2C[C@@H]1C2(C)C. The van der Waals surface area contributed by atoms with Crippen molar-refractivity contribution >= 4 is 11.8 Å². The van der Waals surface area contributed by atoms with Crippen LogP contribution in [0, 0.1) is 29.1 Å². The van der Waals surface area contributed by atoms with Crippen LogP contribution in [-0.4, -0.2) is 90.1 Å². The Labute approximate surface area is 261 Å². The largest absolute Gasteiger partial charge is 0.394 e. The van der Waals surface area contributed by atoms with E-state index in [-0.39, 0.29) is 31.0 Å². The Morgan fingerprint density at radius 1 is 1.14 bits per heavy atom. The van der Waals surface area contributed by atoms with E-state index < -0.39 is 24.2 Å². The predicted molar refractivity (Wildman–Crippen MR) is 170 cm³/mol. The molecule has 4 aliphatic rings. The van der Waals surface area contributed by atoms with Crippen molar-refractivity contribution in [3.8, 4) is 11.1 Å². The minimum atomic E-state index is -0.853. The highest BCUT2D eigenvalue weighted by atomic mass is 16.7. The first-order valence-corrected chi connectivity index (χ1v) is 16.1. The molecule has 2 amide bonds. The van der Waals surface area contributed by atoms with E-state index in [1.807, 2.05) is 67.5 Å². The number of aliphatic hydroxyl groups excluding tert-OH is 2. The average Bonchev–Trinajstić information content (AvgIpc) is 3.36. The van der Waals surface area contributed by atoms with Gasteiger partial charge in [0.15, 0.2) is 0 Å². The molecule has 44 heavy (non-hydrogen) atoms. The van der Waals surface area contributed by atoms with Crippen molar-refractivity contribution in [2.75, 3.05) is 33.8 Å². The normalized spacial score (nSPS) is 30.1. The number of likely N-dealkylation sites (N-methyl/N-ethyl adjacent to an activating group) is 1. The first-order valence-electron chi connectivity index (χ1n) is 16.1. The number of nitrogens with zero attached hydrogens (tertiary/aromatic N) is 2. The molecule has 2 bridgehead atoms. The molecule has 9 nitrogen and oxygen atoms in total. The maximum atomic E-state index is 14.0. The molecule has 1 saturated heterocycles. The molecule has 3 saturated carbocycles. The van der Waals surface area contributed by atoms with Gasteiger partial charge >= 0.3 is 0 Å². The van der Waals surface area contributed by atoms with Crippen molar-refractivity contribution < 1.29 is 24.6 Å². The Kier molecular flexibility index (Phi) is 9.82. The molecule has 4 fully saturated rings. The predicted octanol–water partition coefficient (Wildman–Crippen LogP) is 3.31. The number of carbonyl (C=O) groups excluding carboxylic acids is 2. The number of hydrogen-bond donors (Lipinski definition) is 4. The molecule has 4 N–H and O–H groups in total. The lowest BCUT2D eigenvalue weighted by molar-refractivity contribution is -0.183. The van der Waals surface area contributed by atoms with E-state index in [2.05, 4.69) is 31.4 Å². The van der Waals surface area contributed by atoms with Crippen LogP contribution in [0.5, 0.6) is 0 Å². The highest BCUT2D eigenvalue weighted by Crippen LogP contribution is 2.61. The molecule has 9 heteroatoms. The number of amides is 2. The van der Waals surface area contributed by atoms with Crippen molar-refractivity contribution in [2.24, 2.45) is 29.1 Å². The lowest BCUT2D eigenvalue weighted by atomic mass is 9.45. The van der Waals surface area contributed by atoms with Gasteiger partial charge in [-0.05, 0) is 85.9 Å². The van der Waals surface area contributed by atoms with Gasteiger partial charge in [-0.15, -0.1) is 0 Å². The Bertz CT molecular complexity index is 1330. The highest BCUT2D eigenvalue weighted by Gasteiger charge is 2.57. The molecule has 0 radical (unpaired) electrons. The summed E-state index contributed by atoms with van der Waals surface area (Å²) in [5.74, 6) is 0.670. The van der Waals surface area contributed by atoms with Gasteiger partial charge in [-0.1, -0.05) is 57.2 Å². The van der Waals surface area contributed by atoms with Crippen molar-refractivity contribution in [3.05, 3.63) is 59.7 Å². The topological polar surface area (TPSA) is 114 Å². The fourth-order valence-electron chi connectivity index (χ4n) is 7.92. The number of benzene rings is 2. The summed E-state index contributed by atoms with van der Waals surface area (Å²) in [7, 11) is 3.94.